The summed E-state index contributed by atoms with van der Waals surface area (Å²) in [6.07, 6.45) is 6.11. The Bertz CT molecular complexity index is 252. The van der Waals surface area contributed by atoms with Gasteiger partial charge in [-0.1, -0.05) is 0 Å². The molecule has 0 unspecified atom stereocenters. The van der Waals surface area contributed by atoms with Crippen LogP contribution in [-0.4, -0.2) is 85.0 Å². The van der Waals surface area contributed by atoms with Crippen LogP contribution >= 0.6 is 0 Å². The highest BCUT2D eigenvalue weighted by molar-refractivity contribution is 5.74. The van der Waals surface area contributed by atoms with Crippen molar-refractivity contribution >= 4 is 5.96 Å². The lowest BCUT2D eigenvalue weighted by Crippen LogP contribution is -2.46. The molecule has 0 atom stereocenters. The third kappa shape index (κ3) is 8.38. The van der Waals surface area contributed by atoms with E-state index in [4.69, 9.17) is 10.2 Å². The number of hydrogen-bond acceptors (Lipinski definition) is 2. The molecule has 0 amide bonds. The van der Waals surface area contributed by atoms with E-state index in [0.29, 0.717) is 0 Å². The van der Waals surface area contributed by atoms with Gasteiger partial charge in [-0.05, 0) is 38.5 Å². The molecule has 2 N–H and O–H groups in total. The molecule has 0 bridgehead atoms. The van der Waals surface area contributed by atoms with Gasteiger partial charge in [0.2, 0.25) is 0 Å². The Labute approximate surface area is 124 Å². The van der Waals surface area contributed by atoms with Gasteiger partial charge in [-0.3, -0.25) is 14.4 Å². The molecule has 120 valence electrons. The fourth-order valence-electron chi connectivity index (χ4n) is 2.46. The number of hydrogen-bond donors (Lipinski definition) is 2. The zero-order valence-electron chi connectivity index (χ0n) is 13.8. The number of aliphatic hydroxyl groups is 2. The second-order valence-corrected chi connectivity index (χ2v) is 5.64. The highest BCUT2D eigenvalue weighted by atomic mass is 16.3. The zero-order chi connectivity index (χ0) is 15.4. The van der Waals surface area contributed by atoms with Crippen LogP contribution in [0.4, 0.5) is 0 Å². The number of guanidine groups is 1. The van der Waals surface area contributed by atoms with Crippen molar-refractivity contribution in [2.45, 2.75) is 38.5 Å². The fraction of sp³-hybridized carbons (Fsp3) is 0.933. The van der Waals surface area contributed by atoms with E-state index in [2.05, 4.69) is 42.6 Å². The summed E-state index contributed by atoms with van der Waals surface area (Å²) in [4.78, 5) is 4.56. The lowest BCUT2D eigenvalue weighted by Gasteiger charge is -2.25. The summed E-state index contributed by atoms with van der Waals surface area (Å²) in [5.74, 6) is 1.22. The van der Waals surface area contributed by atoms with Crippen LogP contribution in [0, 0.1) is 0 Å². The summed E-state index contributed by atoms with van der Waals surface area (Å²) in [7, 11) is 8.29. The Morgan fingerprint density at radius 1 is 0.800 bits per heavy atom. The van der Waals surface area contributed by atoms with Gasteiger partial charge in [0.1, 0.15) is 0 Å². The second-order valence-electron chi connectivity index (χ2n) is 5.64. The minimum atomic E-state index is 0.286. The molecular formula is C15H34N3O2+. The normalized spacial score (nSPS) is 10.5. The Kier molecular flexibility index (Phi) is 11.5. The molecule has 5 nitrogen and oxygen atoms in total. The maximum absolute atomic E-state index is 8.86. The summed E-state index contributed by atoms with van der Waals surface area (Å²) in [5, 5.41) is 17.7. The van der Waals surface area contributed by atoms with Crippen molar-refractivity contribution < 1.29 is 14.8 Å². The van der Waals surface area contributed by atoms with E-state index in [-0.39, 0.29) is 13.2 Å². The molecule has 0 aromatic carbocycles. The molecule has 0 aromatic heterocycles. The first kappa shape index (κ1) is 19.2. The van der Waals surface area contributed by atoms with E-state index in [0.717, 1.165) is 51.6 Å². The first-order valence-corrected chi connectivity index (χ1v) is 7.72. The van der Waals surface area contributed by atoms with E-state index in [1.807, 2.05) is 0 Å². The van der Waals surface area contributed by atoms with Crippen molar-refractivity contribution in [3.8, 4) is 0 Å². The van der Waals surface area contributed by atoms with Gasteiger partial charge < -0.3 is 10.2 Å². The Balaban J connectivity index is 4.47. The molecule has 0 spiro atoms. The number of unbranched alkanes of at least 4 members (excludes halogenated alkanes) is 4. The summed E-state index contributed by atoms with van der Waals surface area (Å²) in [5.41, 5.74) is 0. The van der Waals surface area contributed by atoms with Crippen LogP contribution in [-0.2, 0) is 0 Å². The zero-order valence-corrected chi connectivity index (χ0v) is 13.8. The molecule has 0 radical (unpaired) electrons. The maximum Gasteiger partial charge on any atom is 0.349 e. The molecule has 0 fully saturated rings. The quantitative estimate of drug-likeness (QED) is 0.270. The third-order valence-corrected chi connectivity index (χ3v) is 3.26. The van der Waals surface area contributed by atoms with Gasteiger partial charge in [-0.2, -0.15) is 0 Å². The number of nitrogens with zero attached hydrogens (tertiary/aromatic N) is 3. The van der Waals surface area contributed by atoms with Gasteiger partial charge in [0.05, 0.1) is 41.3 Å². The third-order valence-electron chi connectivity index (χ3n) is 3.26. The molecule has 0 heterocycles. The summed E-state index contributed by atoms with van der Waals surface area (Å²) < 4.78 is 2.15. The van der Waals surface area contributed by atoms with Crippen molar-refractivity contribution in [1.29, 1.82) is 0 Å². The average molecular weight is 288 g/mol. The second kappa shape index (κ2) is 12.0. The topological polar surface area (TPSA) is 49.9 Å². The molecule has 0 saturated carbocycles. The molecular weight excluding hydrogens is 254 g/mol. The van der Waals surface area contributed by atoms with Gasteiger partial charge in [0, 0.05) is 13.2 Å². The standard InChI is InChI=1S/C15H34N3O2/c1-16(2)15(17(3)4)18(11-7-5-9-13-19)12-8-6-10-14-20/h19-20H,5-14H2,1-4H3/q+1. The van der Waals surface area contributed by atoms with Crippen molar-refractivity contribution in [2.75, 3.05) is 54.5 Å². The highest BCUT2D eigenvalue weighted by Gasteiger charge is 2.21. The van der Waals surface area contributed by atoms with Crippen LogP contribution in [0.1, 0.15) is 38.5 Å². The van der Waals surface area contributed by atoms with Crippen molar-refractivity contribution in [3.05, 3.63) is 0 Å². The van der Waals surface area contributed by atoms with E-state index < -0.39 is 0 Å². The first-order chi connectivity index (χ1) is 9.54. The monoisotopic (exact) mass is 288 g/mol. The van der Waals surface area contributed by atoms with Gasteiger partial charge in [-0.15, -0.1) is 0 Å². The summed E-state index contributed by atoms with van der Waals surface area (Å²) in [6.45, 7) is 2.61. The molecule has 5 heteroatoms. The van der Waals surface area contributed by atoms with Gasteiger partial charge in [-0.25, -0.2) is 0 Å². The summed E-state index contributed by atoms with van der Waals surface area (Å²) in [6, 6.07) is 0. The molecule has 0 rings (SSSR count). The molecule has 0 aliphatic rings. The van der Waals surface area contributed by atoms with E-state index in [1.165, 1.54) is 5.96 Å². The molecule has 20 heavy (non-hydrogen) atoms. The van der Waals surface area contributed by atoms with Crippen LogP contribution < -0.4 is 0 Å². The lowest BCUT2D eigenvalue weighted by atomic mass is 10.2. The van der Waals surface area contributed by atoms with Crippen molar-refractivity contribution in [1.82, 2.24) is 9.80 Å². The molecule has 0 aromatic rings. The SMILES string of the molecule is CN(C)C(N(CCCCCO)CCCCCO)=[N+](C)C. The van der Waals surface area contributed by atoms with Gasteiger partial charge >= 0.3 is 5.96 Å². The lowest BCUT2D eigenvalue weighted by molar-refractivity contribution is -0.476. The Morgan fingerprint density at radius 3 is 1.55 bits per heavy atom. The minimum Gasteiger partial charge on any atom is -0.396 e. The maximum atomic E-state index is 8.86. The van der Waals surface area contributed by atoms with Crippen molar-refractivity contribution in [2.24, 2.45) is 0 Å². The van der Waals surface area contributed by atoms with Crippen LogP contribution in [0.3, 0.4) is 0 Å². The average Bonchev–Trinajstić information content (AvgIpc) is 2.38. The van der Waals surface area contributed by atoms with Gasteiger partial charge in [0.25, 0.3) is 0 Å². The number of aliphatic hydroxyl groups excluding tert-OH is 2. The smallest absolute Gasteiger partial charge is 0.349 e. The minimum absolute atomic E-state index is 0.286. The predicted octanol–water partition coefficient (Wildman–Crippen LogP) is 0.803. The Hall–Kier alpha value is -0.810. The van der Waals surface area contributed by atoms with Crippen LogP contribution in [0.2, 0.25) is 0 Å². The van der Waals surface area contributed by atoms with E-state index in [9.17, 15) is 0 Å². The molecule has 0 saturated heterocycles. The summed E-state index contributed by atoms with van der Waals surface area (Å²) >= 11 is 0. The van der Waals surface area contributed by atoms with Gasteiger partial charge in [0.15, 0.2) is 0 Å². The van der Waals surface area contributed by atoms with Crippen LogP contribution in [0.15, 0.2) is 0 Å². The van der Waals surface area contributed by atoms with Crippen LogP contribution in [0.5, 0.6) is 0 Å². The highest BCUT2D eigenvalue weighted by Crippen LogP contribution is 2.05. The largest absolute Gasteiger partial charge is 0.396 e. The Morgan fingerprint density at radius 2 is 1.25 bits per heavy atom. The van der Waals surface area contributed by atoms with E-state index in [1.54, 1.807) is 0 Å². The first-order valence-electron chi connectivity index (χ1n) is 7.72. The van der Waals surface area contributed by atoms with E-state index >= 15 is 0 Å². The molecule has 0 aliphatic carbocycles. The number of rotatable bonds is 10. The fourth-order valence-corrected chi connectivity index (χ4v) is 2.46. The predicted molar refractivity (Wildman–Crippen MR) is 84.2 cm³/mol. The van der Waals surface area contributed by atoms with Crippen molar-refractivity contribution in [3.63, 3.8) is 0 Å². The van der Waals surface area contributed by atoms with Crippen LogP contribution in [0.25, 0.3) is 0 Å². The molecule has 0 aliphatic heterocycles.